The zero-order chi connectivity index (χ0) is 24.9. The molecule has 1 aliphatic heterocycles. The Morgan fingerprint density at radius 2 is 1.68 bits per heavy atom. The van der Waals surface area contributed by atoms with E-state index in [0.717, 1.165) is 37.2 Å². The summed E-state index contributed by atoms with van der Waals surface area (Å²) in [6.07, 6.45) is 6.28. The largest absolute Gasteiger partial charge is 0.497 e. The van der Waals surface area contributed by atoms with E-state index in [-0.39, 0.29) is 16.0 Å². The van der Waals surface area contributed by atoms with Gasteiger partial charge in [-0.25, -0.2) is 0 Å². The maximum atomic E-state index is 12.4. The molecule has 194 valence electrons. The smallest absolute Gasteiger partial charge is 0.191 e. The second-order valence-corrected chi connectivity index (χ2v) is 17.3. The third-order valence-corrected chi connectivity index (χ3v) is 15.4. The number of unbranched alkanes of at least 4 members (excludes halogenated alkanes) is 1. The van der Waals surface area contributed by atoms with Crippen LogP contribution in [0.3, 0.4) is 0 Å². The van der Waals surface area contributed by atoms with E-state index in [1.807, 2.05) is 24.3 Å². The van der Waals surface area contributed by atoms with Crippen LogP contribution in [0.25, 0.3) is 0 Å². The third-order valence-electron chi connectivity index (χ3n) is 7.16. The average molecular weight is 527 g/mol. The number of Topliss-reactive ketones (excluding diaryl/α,β-unsaturated/α-hetero) is 1. The lowest BCUT2D eigenvalue weighted by molar-refractivity contribution is -0.129. The number of methoxy groups -OCH3 is 1. The lowest BCUT2D eigenvalue weighted by atomic mass is 10.0. The number of hydrogen-bond donors (Lipinski definition) is 0. The highest BCUT2D eigenvalue weighted by atomic mass is 32.2. The van der Waals surface area contributed by atoms with E-state index in [4.69, 9.17) is 13.9 Å². The molecule has 0 aliphatic carbocycles. The molecule has 7 heteroatoms. The van der Waals surface area contributed by atoms with Crippen molar-refractivity contribution >= 4 is 37.6 Å². The molecule has 0 spiro atoms. The summed E-state index contributed by atoms with van der Waals surface area (Å²) in [5.41, 5.74) is 1.06. The van der Waals surface area contributed by atoms with Crippen molar-refractivity contribution in [3.05, 3.63) is 29.8 Å². The molecule has 0 amide bonds. The summed E-state index contributed by atoms with van der Waals surface area (Å²) in [6, 6.07) is 11.5. The summed E-state index contributed by atoms with van der Waals surface area (Å²) >= 11 is 4.22. The second-order valence-electron chi connectivity index (χ2n) is 9.31. The predicted octanol–water partition coefficient (Wildman–Crippen LogP) is 7.71. The van der Waals surface area contributed by atoms with Crippen LogP contribution in [0, 0.1) is 0 Å². The highest BCUT2D eigenvalue weighted by Gasteiger charge is 2.35. The van der Waals surface area contributed by atoms with Gasteiger partial charge in [0, 0.05) is 6.61 Å². The number of benzene rings is 1. The molecule has 2 rings (SSSR count). The van der Waals surface area contributed by atoms with Crippen molar-refractivity contribution in [2.75, 3.05) is 25.2 Å². The number of hydrogen-bond acceptors (Lipinski definition) is 6. The van der Waals surface area contributed by atoms with Gasteiger partial charge >= 0.3 is 0 Å². The summed E-state index contributed by atoms with van der Waals surface area (Å²) < 4.78 is 18.0. The summed E-state index contributed by atoms with van der Waals surface area (Å²) in [7, 11) is 0.182. The van der Waals surface area contributed by atoms with Crippen molar-refractivity contribution in [2.24, 2.45) is 0 Å². The zero-order valence-corrected chi connectivity index (χ0v) is 24.7. The van der Waals surface area contributed by atoms with E-state index < -0.39 is 8.32 Å². The number of thioether (sulfide) groups is 2. The van der Waals surface area contributed by atoms with Gasteiger partial charge < -0.3 is 13.9 Å². The Balaban J connectivity index is 1.85. The van der Waals surface area contributed by atoms with Gasteiger partial charge in [0.2, 0.25) is 0 Å². The van der Waals surface area contributed by atoms with Gasteiger partial charge in [-0.3, -0.25) is 4.79 Å². The molecule has 0 radical (unpaired) electrons. The molecule has 1 saturated heterocycles. The van der Waals surface area contributed by atoms with Crippen molar-refractivity contribution in [3.63, 3.8) is 0 Å². The fraction of sp³-hybridized carbons (Fsp3) is 0.741. The minimum Gasteiger partial charge on any atom is -0.497 e. The first-order valence-corrected chi connectivity index (χ1v) is 17.6. The topological polar surface area (TPSA) is 44.8 Å². The van der Waals surface area contributed by atoms with E-state index in [2.05, 4.69) is 44.3 Å². The molecule has 1 heterocycles. The Hall–Kier alpha value is -0.473. The first-order chi connectivity index (χ1) is 16.4. The van der Waals surface area contributed by atoms with E-state index in [0.29, 0.717) is 6.61 Å². The number of rotatable bonds is 17. The molecule has 0 N–H and O–H groups in total. The fourth-order valence-electron chi connectivity index (χ4n) is 4.55. The predicted molar refractivity (Wildman–Crippen MR) is 151 cm³/mol. The summed E-state index contributed by atoms with van der Waals surface area (Å²) in [6.45, 7) is 9.92. The summed E-state index contributed by atoms with van der Waals surface area (Å²) in [4.78, 5) is 12.4. The Morgan fingerprint density at radius 3 is 2.24 bits per heavy atom. The monoisotopic (exact) mass is 526 g/mol. The van der Waals surface area contributed by atoms with E-state index >= 15 is 0 Å². The van der Waals surface area contributed by atoms with Crippen LogP contribution >= 0.6 is 23.5 Å². The zero-order valence-electron chi connectivity index (χ0n) is 22.0. The van der Waals surface area contributed by atoms with Gasteiger partial charge in [-0.2, -0.15) is 0 Å². The number of ketones is 1. The van der Waals surface area contributed by atoms with Gasteiger partial charge in [0.1, 0.15) is 11.9 Å². The van der Waals surface area contributed by atoms with Crippen LogP contribution in [-0.2, 0) is 20.6 Å². The first kappa shape index (κ1) is 29.8. The van der Waals surface area contributed by atoms with Crippen LogP contribution in [0.2, 0.25) is 18.1 Å². The molecule has 4 nitrogen and oxygen atoms in total. The van der Waals surface area contributed by atoms with Crippen molar-refractivity contribution < 1.29 is 18.7 Å². The Bertz CT molecular complexity index is 695. The van der Waals surface area contributed by atoms with Crippen molar-refractivity contribution in [3.8, 4) is 5.75 Å². The van der Waals surface area contributed by atoms with Gasteiger partial charge in [-0.1, -0.05) is 32.9 Å². The molecule has 0 aromatic heterocycles. The molecule has 0 unspecified atom stereocenters. The Morgan fingerprint density at radius 1 is 1.03 bits per heavy atom. The van der Waals surface area contributed by atoms with Crippen LogP contribution in [-0.4, -0.2) is 49.5 Å². The lowest BCUT2D eigenvalue weighted by Gasteiger charge is -2.37. The van der Waals surface area contributed by atoms with Crippen molar-refractivity contribution in [2.45, 2.75) is 101 Å². The minimum absolute atomic E-state index is 0.128. The van der Waals surface area contributed by atoms with Gasteiger partial charge in [-0.15, -0.1) is 23.5 Å². The molecule has 1 aliphatic rings. The van der Waals surface area contributed by atoms with Gasteiger partial charge in [0.05, 0.1) is 17.8 Å². The van der Waals surface area contributed by atoms with Crippen LogP contribution in [0.15, 0.2) is 24.3 Å². The normalized spacial score (nSPS) is 16.9. The van der Waals surface area contributed by atoms with Gasteiger partial charge in [0.15, 0.2) is 14.1 Å². The second kappa shape index (κ2) is 15.6. The molecular weight excluding hydrogens is 481 g/mol. The number of carbonyl (C=O) groups is 1. The fourth-order valence-corrected chi connectivity index (χ4v) is 10.7. The molecular formula is C27H46O4S2Si. The highest BCUT2D eigenvalue weighted by Crippen LogP contribution is 2.49. The van der Waals surface area contributed by atoms with Crippen LogP contribution in [0.5, 0.6) is 5.75 Å². The Labute approximate surface area is 217 Å². The number of ether oxygens (including phenoxy) is 2. The quantitative estimate of drug-likeness (QED) is 0.153. The van der Waals surface area contributed by atoms with Crippen LogP contribution in [0.4, 0.5) is 0 Å². The third kappa shape index (κ3) is 9.53. The van der Waals surface area contributed by atoms with E-state index in [1.54, 1.807) is 14.0 Å². The van der Waals surface area contributed by atoms with Gasteiger partial charge in [-0.05, 0) is 92.8 Å². The molecule has 34 heavy (non-hydrogen) atoms. The summed E-state index contributed by atoms with van der Waals surface area (Å²) in [5.74, 6) is 3.40. The van der Waals surface area contributed by atoms with Crippen LogP contribution < -0.4 is 4.74 Å². The van der Waals surface area contributed by atoms with E-state index in [1.165, 1.54) is 48.9 Å². The highest BCUT2D eigenvalue weighted by molar-refractivity contribution is 8.18. The van der Waals surface area contributed by atoms with Gasteiger partial charge in [0.25, 0.3) is 0 Å². The summed E-state index contributed by atoms with van der Waals surface area (Å²) in [5, 5.41) is 0. The maximum Gasteiger partial charge on any atom is 0.191 e. The molecule has 0 saturated carbocycles. The maximum absolute atomic E-state index is 12.4. The molecule has 1 fully saturated rings. The first-order valence-electron chi connectivity index (χ1n) is 13.1. The van der Waals surface area contributed by atoms with E-state index in [9.17, 15) is 4.79 Å². The minimum atomic E-state index is -1.48. The Kier molecular flexibility index (Phi) is 13.7. The molecule has 1 atom stereocenters. The number of carbonyl (C=O) groups excluding carboxylic acids is 1. The average Bonchev–Trinajstić information content (AvgIpc) is 2.87. The van der Waals surface area contributed by atoms with Crippen LogP contribution in [0.1, 0.15) is 71.8 Å². The van der Waals surface area contributed by atoms with Crippen molar-refractivity contribution in [1.29, 1.82) is 0 Å². The SMILES string of the molecule is CC[Si](CC)(CC)OCCCCC1(CC[C@H](OCc2ccc(OC)cc2)C(C)=O)SCCCS1. The standard InChI is InChI=1S/C27H46O4S2Si/c1-6-34(7-2,8-3)31-19-10-9-17-27(32-20-11-21-33-27)18-16-26(23(4)28)30-22-24-12-14-25(29-5)15-13-24/h12-15,26H,6-11,16-22H2,1-5H3/t26-/m0/s1. The molecule has 1 aromatic carbocycles. The lowest BCUT2D eigenvalue weighted by Crippen LogP contribution is -2.36. The van der Waals surface area contributed by atoms with Crippen molar-refractivity contribution in [1.82, 2.24) is 0 Å². The molecule has 0 bridgehead atoms. The molecule has 1 aromatic rings.